The fourth-order valence-corrected chi connectivity index (χ4v) is 6.80. The largest absolute Gasteiger partial charge is 0.414 e. The second kappa shape index (κ2) is 9.21. The standard InChI is InChI=1S/C31H34BNO/c1-32-33-30(25-13-3-2-4-14-25)31(34-32,21-26-17-9-15-23-11-5-7-19-28(23)26)22-27-18-10-16-24-12-6-8-20-29(24)27/h5-12,15-20,25,30,33H,2-4,13-14,21-22H2,1H3. The van der Waals surface area contributed by atoms with Gasteiger partial charge in [0, 0.05) is 18.9 Å². The Labute approximate surface area is 203 Å². The number of benzene rings is 4. The van der Waals surface area contributed by atoms with Crippen LogP contribution in [0, 0.1) is 5.92 Å². The van der Waals surface area contributed by atoms with Gasteiger partial charge in [0.05, 0.1) is 5.60 Å². The molecule has 4 aromatic carbocycles. The molecule has 2 aliphatic rings. The second-order valence-corrected chi connectivity index (χ2v) is 10.5. The van der Waals surface area contributed by atoms with Crippen LogP contribution in [0.25, 0.3) is 21.5 Å². The lowest BCUT2D eigenvalue weighted by molar-refractivity contribution is 0.0416. The normalized spacial score (nSPS) is 20.9. The smallest absolute Gasteiger partial charge is 0.377 e. The van der Waals surface area contributed by atoms with Crippen LogP contribution in [0.5, 0.6) is 0 Å². The van der Waals surface area contributed by atoms with Gasteiger partial charge in [0.25, 0.3) is 0 Å². The van der Waals surface area contributed by atoms with Gasteiger partial charge in [-0.15, -0.1) is 0 Å². The van der Waals surface area contributed by atoms with E-state index in [2.05, 4.69) is 97.0 Å². The fraction of sp³-hybridized carbons (Fsp3) is 0.355. The van der Waals surface area contributed by atoms with Crippen molar-refractivity contribution in [3.05, 3.63) is 96.1 Å². The first-order valence-corrected chi connectivity index (χ1v) is 13.1. The van der Waals surface area contributed by atoms with Crippen molar-refractivity contribution in [3.63, 3.8) is 0 Å². The predicted octanol–water partition coefficient (Wildman–Crippen LogP) is 7.20. The van der Waals surface area contributed by atoms with Gasteiger partial charge in [-0.1, -0.05) is 104 Å². The van der Waals surface area contributed by atoms with E-state index < -0.39 is 0 Å². The van der Waals surface area contributed by atoms with E-state index in [1.54, 1.807) is 0 Å². The lowest BCUT2D eigenvalue weighted by Crippen LogP contribution is -2.52. The molecule has 2 fully saturated rings. The van der Waals surface area contributed by atoms with Gasteiger partial charge in [0.1, 0.15) is 0 Å². The van der Waals surface area contributed by atoms with Crippen LogP contribution < -0.4 is 5.23 Å². The van der Waals surface area contributed by atoms with Crippen molar-refractivity contribution in [2.45, 2.75) is 63.4 Å². The van der Waals surface area contributed by atoms with E-state index in [1.807, 2.05) is 0 Å². The van der Waals surface area contributed by atoms with Gasteiger partial charge in [-0.05, 0) is 58.3 Å². The molecule has 1 heterocycles. The quantitative estimate of drug-likeness (QED) is 0.327. The summed E-state index contributed by atoms with van der Waals surface area (Å²) in [4.78, 5) is 0. The van der Waals surface area contributed by atoms with Gasteiger partial charge in [-0.25, -0.2) is 0 Å². The van der Waals surface area contributed by atoms with Gasteiger partial charge in [0.15, 0.2) is 0 Å². The molecule has 6 rings (SSSR count). The van der Waals surface area contributed by atoms with E-state index in [9.17, 15) is 0 Å². The third-order valence-electron chi connectivity index (χ3n) is 8.25. The van der Waals surface area contributed by atoms with Gasteiger partial charge in [-0.2, -0.15) is 0 Å². The molecule has 1 saturated heterocycles. The zero-order chi connectivity index (χ0) is 23.0. The van der Waals surface area contributed by atoms with Crippen LogP contribution in [0.3, 0.4) is 0 Å². The molecule has 1 aliphatic carbocycles. The topological polar surface area (TPSA) is 21.3 Å². The van der Waals surface area contributed by atoms with E-state index in [-0.39, 0.29) is 12.7 Å². The summed E-state index contributed by atoms with van der Waals surface area (Å²) in [6.07, 6.45) is 8.53. The summed E-state index contributed by atoms with van der Waals surface area (Å²) in [5.41, 5.74) is 2.53. The van der Waals surface area contributed by atoms with Crippen LogP contribution in [0.2, 0.25) is 6.82 Å². The fourth-order valence-electron chi connectivity index (χ4n) is 6.80. The Morgan fingerprint density at radius 1 is 0.735 bits per heavy atom. The Hall–Kier alpha value is -2.62. The molecule has 0 aromatic heterocycles. The molecule has 1 aliphatic heterocycles. The zero-order valence-corrected chi connectivity index (χ0v) is 20.2. The molecule has 0 amide bonds. The monoisotopic (exact) mass is 447 g/mol. The van der Waals surface area contributed by atoms with Crippen molar-refractivity contribution in [2.75, 3.05) is 0 Å². The van der Waals surface area contributed by atoms with E-state index >= 15 is 0 Å². The molecule has 2 nitrogen and oxygen atoms in total. The number of rotatable bonds is 5. The van der Waals surface area contributed by atoms with Crippen molar-refractivity contribution >= 4 is 28.6 Å². The Morgan fingerprint density at radius 2 is 1.26 bits per heavy atom. The van der Waals surface area contributed by atoms with Gasteiger partial charge in [0.2, 0.25) is 0 Å². The molecular formula is C31H34BNO. The lowest BCUT2D eigenvalue weighted by Gasteiger charge is -2.41. The summed E-state index contributed by atoms with van der Waals surface area (Å²) in [5, 5.41) is 9.26. The maximum atomic E-state index is 7.01. The van der Waals surface area contributed by atoms with E-state index in [1.165, 1.54) is 64.8 Å². The molecule has 0 spiro atoms. The van der Waals surface area contributed by atoms with Gasteiger partial charge in [-0.3, -0.25) is 0 Å². The van der Waals surface area contributed by atoms with Crippen LogP contribution in [0.4, 0.5) is 0 Å². The SMILES string of the molecule is CB1NC(C2CCCCC2)C(Cc2cccc3ccccc23)(Cc2cccc3ccccc23)O1. The van der Waals surface area contributed by atoms with Crippen molar-refractivity contribution in [2.24, 2.45) is 5.92 Å². The highest BCUT2D eigenvalue weighted by molar-refractivity contribution is 6.48. The average Bonchev–Trinajstić information content (AvgIpc) is 3.20. The second-order valence-electron chi connectivity index (χ2n) is 10.5. The first-order valence-electron chi connectivity index (χ1n) is 13.1. The Bertz CT molecular complexity index is 1200. The Kier molecular flexibility index (Phi) is 5.93. The van der Waals surface area contributed by atoms with E-state index in [4.69, 9.17) is 4.65 Å². The summed E-state index contributed by atoms with van der Waals surface area (Å²) in [7, 11) is 0.0666. The van der Waals surface area contributed by atoms with Crippen molar-refractivity contribution in [3.8, 4) is 0 Å². The zero-order valence-electron chi connectivity index (χ0n) is 20.2. The molecule has 0 radical (unpaired) electrons. The highest BCUT2D eigenvalue weighted by atomic mass is 16.5. The summed E-state index contributed by atoms with van der Waals surface area (Å²) >= 11 is 0. The average molecular weight is 447 g/mol. The molecule has 4 aromatic rings. The van der Waals surface area contributed by atoms with Crippen LogP contribution in [-0.4, -0.2) is 18.7 Å². The Morgan fingerprint density at radius 3 is 1.85 bits per heavy atom. The summed E-state index contributed by atoms with van der Waals surface area (Å²) in [6, 6.07) is 31.5. The number of hydrogen-bond donors (Lipinski definition) is 1. The minimum Gasteiger partial charge on any atom is -0.414 e. The van der Waals surface area contributed by atoms with E-state index in [0.717, 1.165) is 12.8 Å². The maximum Gasteiger partial charge on any atom is 0.377 e. The maximum absolute atomic E-state index is 7.01. The minimum atomic E-state index is -0.268. The van der Waals surface area contributed by atoms with Crippen molar-refractivity contribution < 1.29 is 4.65 Å². The number of hydrogen-bond acceptors (Lipinski definition) is 2. The third-order valence-corrected chi connectivity index (χ3v) is 8.25. The van der Waals surface area contributed by atoms with Crippen LogP contribution in [0.1, 0.15) is 43.2 Å². The molecule has 0 bridgehead atoms. The first-order chi connectivity index (χ1) is 16.7. The molecule has 1 atom stereocenters. The summed E-state index contributed by atoms with van der Waals surface area (Å²) in [6.45, 7) is 2.20. The van der Waals surface area contributed by atoms with Crippen LogP contribution >= 0.6 is 0 Å². The third kappa shape index (κ3) is 4.06. The molecule has 1 N–H and O–H groups in total. The predicted molar refractivity (Wildman–Crippen MR) is 144 cm³/mol. The number of fused-ring (bicyclic) bond motifs is 2. The molecule has 34 heavy (non-hydrogen) atoms. The molecule has 3 heteroatoms. The van der Waals surface area contributed by atoms with Crippen LogP contribution in [-0.2, 0) is 17.5 Å². The summed E-state index contributed by atoms with van der Waals surface area (Å²) < 4.78 is 7.01. The highest BCUT2D eigenvalue weighted by Gasteiger charge is 2.51. The lowest BCUT2D eigenvalue weighted by atomic mass is 9.71. The molecular weight excluding hydrogens is 413 g/mol. The minimum absolute atomic E-state index is 0.0666. The van der Waals surface area contributed by atoms with Crippen molar-refractivity contribution in [1.29, 1.82) is 0 Å². The Balaban J connectivity index is 1.47. The molecule has 1 saturated carbocycles. The van der Waals surface area contributed by atoms with Gasteiger partial charge < -0.3 is 9.88 Å². The van der Waals surface area contributed by atoms with Crippen LogP contribution in [0.15, 0.2) is 84.9 Å². The number of nitrogens with one attached hydrogen (secondary N) is 1. The van der Waals surface area contributed by atoms with Crippen molar-refractivity contribution in [1.82, 2.24) is 5.23 Å². The first kappa shape index (κ1) is 21.9. The highest BCUT2D eigenvalue weighted by Crippen LogP contribution is 2.41. The molecule has 172 valence electrons. The van der Waals surface area contributed by atoms with E-state index in [0.29, 0.717) is 12.0 Å². The van der Waals surface area contributed by atoms with Gasteiger partial charge >= 0.3 is 7.05 Å². The molecule has 1 unspecified atom stereocenters. The summed E-state index contributed by atoms with van der Waals surface area (Å²) in [5.74, 6) is 0.670.